The molecule has 0 aliphatic heterocycles. The van der Waals surface area contributed by atoms with Crippen LogP contribution < -0.4 is 11.1 Å². The van der Waals surface area contributed by atoms with Crippen LogP contribution in [0.25, 0.3) is 0 Å². The van der Waals surface area contributed by atoms with Crippen molar-refractivity contribution in [1.82, 2.24) is 5.32 Å². The average Bonchev–Trinajstić information content (AvgIpc) is 2.15. The molecular weight excluding hydrogens is 180 g/mol. The summed E-state index contributed by atoms with van der Waals surface area (Å²) < 4.78 is 0. The van der Waals surface area contributed by atoms with Gasteiger partial charge in [0.2, 0.25) is 0 Å². The molecule has 1 atom stereocenters. The summed E-state index contributed by atoms with van der Waals surface area (Å²) in [5.41, 5.74) is 5.34. The summed E-state index contributed by atoms with van der Waals surface area (Å²) in [6.07, 6.45) is 4.57. The van der Waals surface area contributed by atoms with E-state index in [4.69, 9.17) is 10.8 Å². The molecule has 4 heteroatoms. The van der Waals surface area contributed by atoms with E-state index in [1.54, 1.807) is 0 Å². The first-order valence-corrected chi connectivity index (χ1v) is 5.38. The number of unbranched alkanes of at least 4 members (excludes halogenated alkanes) is 2. The van der Waals surface area contributed by atoms with Gasteiger partial charge in [-0.25, -0.2) is 0 Å². The topological polar surface area (TPSA) is 75.3 Å². The van der Waals surface area contributed by atoms with Crippen LogP contribution in [0.1, 0.15) is 39.0 Å². The summed E-state index contributed by atoms with van der Waals surface area (Å²) in [5.74, 6) is -0.752. The molecule has 0 aliphatic rings. The van der Waals surface area contributed by atoms with Crippen molar-refractivity contribution in [3.05, 3.63) is 0 Å². The van der Waals surface area contributed by atoms with E-state index in [-0.39, 0.29) is 0 Å². The Labute approximate surface area is 85.9 Å². The van der Waals surface area contributed by atoms with Crippen molar-refractivity contribution < 1.29 is 9.90 Å². The second-order valence-corrected chi connectivity index (χ2v) is 3.48. The molecule has 4 nitrogen and oxygen atoms in total. The minimum Gasteiger partial charge on any atom is -0.480 e. The lowest BCUT2D eigenvalue weighted by Crippen LogP contribution is -2.37. The SMILES string of the molecule is CCCCNC(CCCCN)C(=O)O. The van der Waals surface area contributed by atoms with Crippen LogP contribution in [0.5, 0.6) is 0 Å². The van der Waals surface area contributed by atoms with Gasteiger partial charge in [-0.15, -0.1) is 0 Å². The van der Waals surface area contributed by atoms with Crippen molar-refractivity contribution in [2.75, 3.05) is 13.1 Å². The highest BCUT2D eigenvalue weighted by atomic mass is 16.4. The van der Waals surface area contributed by atoms with Gasteiger partial charge in [-0.1, -0.05) is 19.8 Å². The van der Waals surface area contributed by atoms with Gasteiger partial charge < -0.3 is 16.2 Å². The van der Waals surface area contributed by atoms with E-state index in [1.165, 1.54) is 0 Å². The summed E-state index contributed by atoms with van der Waals surface area (Å²) in [7, 11) is 0. The van der Waals surface area contributed by atoms with Crippen molar-refractivity contribution >= 4 is 5.97 Å². The fourth-order valence-electron chi connectivity index (χ4n) is 1.26. The Balaban J connectivity index is 3.61. The molecule has 0 aromatic carbocycles. The van der Waals surface area contributed by atoms with Crippen molar-refractivity contribution in [1.29, 1.82) is 0 Å². The number of hydrogen-bond donors (Lipinski definition) is 3. The van der Waals surface area contributed by atoms with Gasteiger partial charge >= 0.3 is 5.97 Å². The highest BCUT2D eigenvalue weighted by Gasteiger charge is 2.14. The Bertz CT molecular complexity index is 141. The van der Waals surface area contributed by atoms with Gasteiger partial charge in [0.1, 0.15) is 6.04 Å². The second kappa shape index (κ2) is 8.97. The van der Waals surface area contributed by atoms with Crippen LogP contribution in [-0.4, -0.2) is 30.2 Å². The van der Waals surface area contributed by atoms with E-state index in [0.29, 0.717) is 13.0 Å². The zero-order chi connectivity index (χ0) is 10.8. The lowest BCUT2D eigenvalue weighted by atomic mass is 10.1. The first kappa shape index (κ1) is 13.4. The van der Waals surface area contributed by atoms with Crippen LogP contribution >= 0.6 is 0 Å². The third-order valence-corrected chi connectivity index (χ3v) is 2.17. The van der Waals surface area contributed by atoms with Gasteiger partial charge in [-0.3, -0.25) is 4.79 Å². The number of carbonyl (C=O) groups is 1. The molecule has 0 radical (unpaired) electrons. The number of carboxylic acids is 1. The number of nitrogens with two attached hydrogens (primary N) is 1. The normalized spacial score (nSPS) is 12.7. The molecule has 0 rings (SSSR count). The van der Waals surface area contributed by atoms with E-state index < -0.39 is 12.0 Å². The fourth-order valence-corrected chi connectivity index (χ4v) is 1.26. The molecule has 0 aromatic rings. The lowest BCUT2D eigenvalue weighted by molar-refractivity contribution is -0.139. The predicted octanol–water partition coefficient (Wildman–Crippen LogP) is 0.958. The average molecular weight is 202 g/mol. The predicted molar refractivity (Wildman–Crippen MR) is 57.2 cm³/mol. The van der Waals surface area contributed by atoms with Gasteiger partial charge in [0.25, 0.3) is 0 Å². The smallest absolute Gasteiger partial charge is 0.320 e. The summed E-state index contributed by atoms with van der Waals surface area (Å²) in [4.78, 5) is 10.8. The first-order chi connectivity index (χ1) is 6.72. The quantitative estimate of drug-likeness (QED) is 0.487. The summed E-state index contributed by atoms with van der Waals surface area (Å²) in [6.45, 7) is 3.52. The van der Waals surface area contributed by atoms with Crippen LogP contribution in [0.3, 0.4) is 0 Å². The number of carboxylic acid groups (broad SMARTS) is 1. The minimum absolute atomic E-state index is 0.395. The molecule has 0 fully saturated rings. The largest absolute Gasteiger partial charge is 0.480 e. The molecule has 0 saturated carbocycles. The Kier molecular flexibility index (Phi) is 8.57. The number of hydrogen-bond acceptors (Lipinski definition) is 3. The molecule has 0 aromatic heterocycles. The molecule has 0 spiro atoms. The lowest BCUT2D eigenvalue weighted by Gasteiger charge is -2.13. The minimum atomic E-state index is -0.752. The molecule has 0 bridgehead atoms. The van der Waals surface area contributed by atoms with Crippen LogP contribution in [-0.2, 0) is 4.79 Å². The van der Waals surface area contributed by atoms with E-state index >= 15 is 0 Å². The molecule has 84 valence electrons. The molecule has 1 unspecified atom stereocenters. The molecule has 0 aliphatic carbocycles. The summed E-state index contributed by atoms with van der Waals surface area (Å²) >= 11 is 0. The van der Waals surface area contributed by atoms with Crippen molar-refractivity contribution in [3.8, 4) is 0 Å². The second-order valence-electron chi connectivity index (χ2n) is 3.48. The van der Waals surface area contributed by atoms with E-state index in [9.17, 15) is 4.79 Å². The Morgan fingerprint density at radius 2 is 2.14 bits per heavy atom. The molecule has 0 amide bonds. The number of nitrogens with one attached hydrogen (secondary N) is 1. The third-order valence-electron chi connectivity index (χ3n) is 2.17. The molecular formula is C10H22N2O2. The summed E-state index contributed by atoms with van der Waals surface area (Å²) in [5, 5.41) is 11.9. The van der Waals surface area contributed by atoms with Gasteiger partial charge in [0.05, 0.1) is 0 Å². The zero-order valence-electron chi connectivity index (χ0n) is 8.96. The fraction of sp³-hybridized carbons (Fsp3) is 0.900. The number of rotatable bonds is 9. The van der Waals surface area contributed by atoms with Gasteiger partial charge in [0.15, 0.2) is 0 Å². The number of aliphatic carboxylic acids is 1. The maximum absolute atomic E-state index is 10.8. The van der Waals surface area contributed by atoms with Gasteiger partial charge in [-0.05, 0) is 32.4 Å². The van der Waals surface area contributed by atoms with E-state index in [2.05, 4.69) is 12.2 Å². The summed E-state index contributed by atoms with van der Waals surface area (Å²) in [6, 6.07) is -0.395. The molecule has 0 heterocycles. The zero-order valence-corrected chi connectivity index (χ0v) is 8.96. The van der Waals surface area contributed by atoms with Crippen LogP contribution in [0.2, 0.25) is 0 Å². The van der Waals surface area contributed by atoms with Gasteiger partial charge in [0, 0.05) is 0 Å². The first-order valence-electron chi connectivity index (χ1n) is 5.38. The maximum Gasteiger partial charge on any atom is 0.320 e. The Hall–Kier alpha value is -0.610. The third kappa shape index (κ3) is 6.86. The maximum atomic E-state index is 10.8. The van der Waals surface area contributed by atoms with Crippen LogP contribution in [0, 0.1) is 0 Å². The Morgan fingerprint density at radius 1 is 1.43 bits per heavy atom. The van der Waals surface area contributed by atoms with Gasteiger partial charge in [-0.2, -0.15) is 0 Å². The van der Waals surface area contributed by atoms with Crippen LogP contribution in [0.15, 0.2) is 0 Å². The molecule has 4 N–H and O–H groups in total. The monoisotopic (exact) mass is 202 g/mol. The van der Waals surface area contributed by atoms with Crippen molar-refractivity contribution in [3.63, 3.8) is 0 Å². The van der Waals surface area contributed by atoms with E-state index in [0.717, 1.165) is 32.2 Å². The highest BCUT2D eigenvalue weighted by Crippen LogP contribution is 2.01. The highest BCUT2D eigenvalue weighted by molar-refractivity contribution is 5.73. The van der Waals surface area contributed by atoms with Crippen molar-refractivity contribution in [2.45, 2.75) is 45.1 Å². The van der Waals surface area contributed by atoms with Crippen molar-refractivity contribution in [2.24, 2.45) is 5.73 Å². The molecule has 0 saturated heterocycles. The molecule has 14 heavy (non-hydrogen) atoms. The standard InChI is InChI=1S/C10H22N2O2/c1-2-3-8-12-9(10(13)14)6-4-5-7-11/h9,12H,2-8,11H2,1H3,(H,13,14). The van der Waals surface area contributed by atoms with Crippen LogP contribution in [0.4, 0.5) is 0 Å². The van der Waals surface area contributed by atoms with E-state index in [1.807, 2.05) is 0 Å². The Morgan fingerprint density at radius 3 is 2.64 bits per heavy atom.